The maximum absolute atomic E-state index is 13.3. The summed E-state index contributed by atoms with van der Waals surface area (Å²) in [6.07, 6.45) is 0.785. The second-order valence-electron chi connectivity index (χ2n) is 6.85. The van der Waals surface area contributed by atoms with E-state index in [1.807, 2.05) is 50.2 Å². The van der Waals surface area contributed by atoms with Crippen molar-refractivity contribution in [2.45, 2.75) is 26.3 Å². The van der Waals surface area contributed by atoms with Gasteiger partial charge in [0.1, 0.15) is 11.3 Å². The number of methoxy groups -OCH3 is 1. The molecule has 27 heavy (non-hydrogen) atoms. The van der Waals surface area contributed by atoms with E-state index in [0.29, 0.717) is 28.8 Å². The fraction of sp³-hybridized carbons (Fsp3) is 0.273. The van der Waals surface area contributed by atoms with E-state index in [9.17, 15) is 9.59 Å². The van der Waals surface area contributed by atoms with Crippen molar-refractivity contribution in [3.05, 3.63) is 75.1 Å². The number of carbonyl (C=O) groups is 1. The maximum Gasteiger partial charge on any atom is 0.290 e. The summed E-state index contributed by atoms with van der Waals surface area (Å²) in [5.74, 6) is 0.600. The SMILES string of the molecule is CCCN1C(=O)c2oc3ccc(C)cc3c(=O)c2[C@@H]1c1cccc(OC)c1. The zero-order valence-electron chi connectivity index (χ0n) is 15.6. The predicted octanol–water partition coefficient (Wildman–Crippen LogP) is 4.07. The van der Waals surface area contributed by atoms with Gasteiger partial charge in [-0.1, -0.05) is 30.7 Å². The van der Waals surface area contributed by atoms with E-state index in [0.717, 1.165) is 17.5 Å². The van der Waals surface area contributed by atoms with Gasteiger partial charge in [0.05, 0.1) is 24.1 Å². The van der Waals surface area contributed by atoms with Gasteiger partial charge in [-0.05, 0) is 43.2 Å². The van der Waals surface area contributed by atoms with Gasteiger partial charge in [0, 0.05) is 6.54 Å². The van der Waals surface area contributed by atoms with Gasteiger partial charge in [0.15, 0.2) is 5.43 Å². The molecule has 1 aromatic heterocycles. The number of amides is 1. The number of rotatable bonds is 4. The topological polar surface area (TPSA) is 59.8 Å². The van der Waals surface area contributed by atoms with E-state index >= 15 is 0 Å². The molecule has 4 rings (SSSR count). The molecular weight excluding hydrogens is 342 g/mol. The van der Waals surface area contributed by atoms with Gasteiger partial charge in [-0.3, -0.25) is 9.59 Å². The molecule has 1 aliphatic rings. The van der Waals surface area contributed by atoms with Crippen molar-refractivity contribution in [1.82, 2.24) is 4.90 Å². The molecule has 0 fully saturated rings. The van der Waals surface area contributed by atoms with E-state index < -0.39 is 6.04 Å². The monoisotopic (exact) mass is 363 g/mol. The lowest BCUT2D eigenvalue weighted by atomic mass is 9.98. The summed E-state index contributed by atoms with van der Waals surface area (Å²) in [5, 5.41) is 0.507. The molecule has 2 aromatic carbocycles. The summed E-state index contributed by atoms with van der Waals surface area (Å²) >= 11 is 0. The lowest BCUT2D eigenvalue weighted by Crippen LogP contribution is -2.30. The Morgan fingerprint density at radius 2 is 1.96 bits per heavy atom. The largest absolute Gasteiger partial charge is 0.497 e. The van der Waals surface area contributed by atoms with E-state index in [1.165, 1.54) is 0 Å². The molecule has 3 aromatic rings. The highest BCUT2D eigenvalue weighted by atomic mass is 16.5. The van der Waals surface area contributed by atoms with Crippen LogP contribution in [0.25, 0.3) is 11.0 Å². The molecule has 0 unspecified atom stereocenters. The number of hydrogen-bond donors (Lipinski definition) is 0. The van der Waals surface area contributed by atoms with Crippen molar-refractivity contribution in [3.8, 4) is 5.75 Å². The molecule has 1 amide bonds. The first-order valence-corrected chi connectivity index (χ1v) is 9.07. The molecule has 0 bridgehead atoms. The van der Waals surface area contributed by atoms with E-state index in [4.69, 9.17) is 9.15 Å². The van der Waals surface area contributed by atoms with Crippen molar-refractivity contribution in [2.24, 2.45) is 0 Å². The normalized spacial score (nSPS) is 16.0. The van der Waals surface area contributed by atoms with Gasteiger partial charge in [-0.2, -0.15) is 0 Å². The van der Waals surface area contributed by atoms with Gasteiger partial charge in [0.25, 0.3) is 5.91 Å². The second-order valence-corrected chi connectivity index (χ2v) is 6.85. The molecule has 138 valence electrons. The molecule has 5 heteroatoms. The van der Waals surface area contributed by atoms with E-state index in [-0.39, 0.29) is 17.1 Å². The highest BCUT2D eigenvalue weighted by molar-refractivity contribution is 5.99. The van der Waals surface area contributed by atoms with Crippen LogP contribution in [0.4, 0.5) is 0 Å². The van der Waals surface area contributed by atoms with Crippen molar-refractivity contribution < 1.29 is 13.9 Å². The molecule has 0 radical (unpaired) electrons. The van der Waals surface area contributed by atoms with Crippen LogP contribution < -0.4 is 10.2 Å². The third-order valence-corrected chi connectivity index (χ3v) is 5.00. The number of nitrogens with zero attached hydrogens (tertiary/aromatic N) is 1. The second kappa shape index (κ2) is 6.58. The molecule has 1 atom stereocenters. The molecule has 0 spiro atoms. The molecule has 0 N–H and O–H groups in total. The van der Waals surface area contributed by atoms with Crippen LogP contribution in [0.15, 0.2) is 51.7 Å². The van der Waals surface area contributed by atoms with Crippen LogP contribution in [0.1, 0.15) is 46.6 Å². The average molecular weight is 363 g/mol. The van der Waals surface area contributed by atoms with Crippen molar-refractivity contribution in [1.29, 1.82) is 0 Å². The van der Waals surface area contributed by atoms with Crippen LogP contribution in [0.2, 0.25) is 0 Å². The molecule has 0 aliphatic carbocycles. The number of benzene rings is 2. The van der Waals surface area contributed by atoms with Gasteiger partial charge in [0.2, 0.25) is 5.76 Å². The molecule has 5 nitrogen and oxygen atoms in total. The number of carbonyl (C=O) groups excluding carboxylic acids is 1. The van der Waals surface area contributed by atoms with Crippen LogP contribution in [0, 0.1) is 6.92 Å². The van der Waals surface area contributed by atoms with Crippen molar-refractivity contribution in [2.75, 3.05) is 13.7 Å². The molecule has 0 saturated carbocycles. The lowest BCUT2D eigenvalue weighted by Gasteiger charge is -2.24. The third-order valence-electron chi connectivity index (χ3n) is 5.00. The fourth-order valence-corrected chi connectivity index (χ4v) is 3.76. The number of ether oxygens (including phenoxy) is 1. The first-order valence-electron chi connectivity index (χ1n) is 9.07. The van der Waals surface area contributed by atoms with Crippen LogP contribution in [0.3, 0.4) is 0 Å². The lowest BCUT2D eigenvalue weighted by molar-refractivity contribution is 0.0728. The predicted molar refractivity (Wildman–Crippen MR) is 103 cm³/mol. The minimum Gasteiger partial charge on any atom is -0.497 e. The number of fused-ring (bicyclic) bond motifs is 2. The molecular formula is C22H21NO4. The number of hydrogen-bond acceptors (Lipinski definition) is 4. The van der Waals surface area contributed by atoms with Crippen molar-refractivity contribution >= 4 is 16.9 Å². The smallest absolute Gasteiger partial charge is 0.290 e. The van der Waals surface area contributed by atoms with E-state index in [2.05, 4.69) is 0 Å². The van der Waals surface area contributed by atoms with Crippen molar-refractivity contribution in [3.63, 3.8) is 0 Å². The summed E-state index contributed by atoms with van der Waals surface area (Å²) in [6, 6.07) is 12.5. The first-order chi connectivity index (χ1) is 13.0. The first kappa shape index (κ1) is 17.3. The third kappa shape index (κ3) is 2.70. The van der Waals surface area contributed by atoms with Gasteiger partial charge >= 0.3 is 0 Å². The molecule has 1 aliphatic heterocycles. The van der Waals surface area contributed by atoms with Crippen LogP contribution >= 0.6 is 0 Å². The summed E-state index contributed by atoms with van der Waals surface area (Å²) in [4.78, 5) is 28.1. The Hall–Kier alpha value is -3.08. The summed E-state index contributed by atoms with van der Waals surface area (Å²) < 4.78 is 11.3. The van der Waals surface area contributed by atoms with Crippen LogP contribution in [-0.4, -0.2) is 24.5 Å². The highest BCUT2D eigenvalue weighted by Crippen LogP contribution is 2.39. The van der Waals surface area contributed by atoms with Crippen LogP contribution in [0.5, 0.6) is 5.75 Å². The Balaban J connectivity index is 2.01. The average Bonchev–Trinajstić information content (AvgIpc) is 2.95. The minimum atomic E-state index is -0.469. The van der Waals surface area contributed by atoms with Gasteiger partial charge < -0.3 is 14.1 Å². The van der Waals surface area contributed by atoms with Gasteiger partial charge in [-0.25, -0.2) is 0 Å². The Bertz CT molecular complexity index is 1100. The van der Waals surface area contributed by atoms with Gasteiger partial charge in [-0.15, -0.1) is 0 Å². The summed E-state index contributed by atoms with van der Waals surface area (Å²) in [5.41, 5.74) is 2.53. The molecule has 2 heterocycles. The van der Waals surface area contributed by atoms with Crippen LogP contribution in [-0.2, 0) is 0 Å². The standard InChI is InChI=1S/C22H21NO4/c1-4-10-23-19(14-6-5-7-15(12-14)26-3)18-20(24)16-11-13(2)8-9-17(16)27-21(18)22(23)25/h5-9,11-12,19H,4,10H2,1-3H3/t19-/m0/s1. The Labute approximate surface area is 157 Å². The van der Waals surface area contributed by atoms with E-state index in [1.54, 1.807) is 18.1 Å². The molecule has 0 saturated heterocycles. The maximum atomic E-state index is 13.3. The Morgan fingerprint density at radius 3 is 2.70 bits per heavy atom. The summed E-state index contributed by atoms with van der Waals surface area (Å²) in [6.45, 7) is 4.48. The number of aryl methyl sites for hydroxylation is 1. The Kier molecular flexibility index (Phi) is 4.22. The zero-order valence-corrected chi connectivity index (χ0v) is 15.6. The quantitative estimate of drug-likeness (QED) is 0.701. The minimum absolute atomic E-state index is 0.144. The zero-order chi connectivity index (χ0) is 19.1. The summed E-state index contributed by atoms with van der Waals surface area (Å²) in [7, 11) is 1.60. The fourth-order valence-electron chi connectivity index (χ4n) is 3.76. The Morgan fingerprint density at radius 1 is 1.15 bits per heavy atom. The highest BCUT2D eigenvalue weighted by Gasteiger charge is 2.42.